The SMILES string of the molecule is O=C(O)C[C@H](NC(=O)[C@H]1CCCO1)c1ccc(Cl)cc1. The summed E-state index contributed by atoms with van der Waals surface area (Å²) < 4.78 is 5.30. The van der Waals surface area contributed by atoms with E-state index in [0.717, 1.165) is 6.42 Å². The Morgan fingerprint density at radius 1 is 1.40 bits per heavy atom. The number of halogens is 1. The lowest BCUT2D eigenvalue weighted by atomic mass is 10.0. The third kappa shape index (κ3) is 3.95. The Balaban J connectivity index is 2.08. The highest BCUT2D eigenvalue weighted by Gasteiger charge is 2.27. The van der Waals surface area contributed by atoms with Crippen LogP contribution in [0.1, 0.15) is 30.9 Å². The van der Waals surface area contributed by atoms with Gasteiger partial charge in [0.25, 0.3) is 0 Å². The van der Waals surface area contributed by atoms with Gasteiger partial charge in [-0.15, -0.1) is 0 Å². The summed E-state index contributed by atoms with van der Waals surface area (Å²) in [5.41, 5.74) is 0.711. The van der Waals surface area contributed by atoms with E-state index >= 15 is 0 Å². The molecule has 5 nitrogen and oxygen atoms in total. The van der Waals surface area contributed by atoms with E-state index in [0.29, 0.717) is 23.6 Å². The second kappa shape index (κ2) is 6.72. The maximum Gasteiger partial charge on any atom is 0.305 e. The Morgan fingerprint density at radius 3 is 2.65 bits per heavy atom. The third-order valence-electron chi connectivity index (χ3n) is 3.19. The molecule has 2 atom stereocenters. The fourth-order valence-electron chi connectivity index (χ4n) is 2.17. The van der Waals surface area contributed by atoms with Gasteiger partial charge in [0.15, 0.2) is 0 Å². The van der Waals surface area contributed by atoms with Crippen LogP contribution >= 0.6 is 11.6 Å². The van der Waals surface area contributed by atoms with E-state index in [-0.39, 0.29) is 12.3 Å². The molecule has 6 heteroatoms. The summed E-state index contributed by atoms with van der Waals surface area (Å²) in [6.07, 6.45) is 0.869. The first kappa shape index (κ1) is 14.8. The minimum atomic E-state index is -0.974. The fraction of sp³-hybridized carbons (Fsp3) is 0.429. The van der Waals surface area contributed by atoms with Gasteiger partial charge in [0.05, 0.1) is 12.5 Å². The molecule has 0 aliphatic carbocycles. The molecule has 1 aliphatic rings. The van der Waals surface area contributed by atoms with E-state index in [9.17, 15) is 9.59 Å². The van der Waals surface area contributed by atoms with Crippen molar-refractivity contribution in [2.24, 2.45) is 0 Å². The van der Waals surface area contributed by atoms with Crippen LogP contribution in [0.2, 0.25) is 5.02 Å². The lowest BCUT2D eigenvalue weighted by Gasteiger charge is -2.19. The van der Waals surface area contributed by atoms with Crippen LogP contribution in [0.3, 0.4) is 0 Å². The summed E-state index contributed by atoms with van der Waals surface area (Å²) in [6.45, 7) is 0.572. The quantitative estimate of drug-likeness (QED) is 0.873. The topological polar surface area (TPSA) is 75.6 Å². The molecule has 0 spiro atoms. The van der Waals surface area contributed by atoms with Gasteiger partial charge in [0.1, 0.15) is 6.10 Å². The first-order valence-electron chi connectivity index (χ1n) is 6.45. The highest BCUT2D eigenvalue weighted by atomic mass is 35.5. The van der Waals surface area contributed by atoms with Crippen LogP contribution in [0.25, 0.3) is 0 Å². The van der Waals surface area contributed by atoms with Gasteiger partial charge in [0.2, 0.25) is 5.91 Å². The number of nitrogens with one attached hydrogen (secondary N) is 1. The fourth-order valence-corrected chi connectivity index (χ4v) is 2.30. The summed E-state index contributed by atoms with van der Waals surface area (Å²) in [5, 5.41) is 12.3. The number of carboxylic acids is 1. The molecule has 0 bridgehead atoms. The summed E-state index contributed by atoms with van der Waals surface area (Å²) >= 11 is 5.81. The molecular weight excluding hydrogens is 282 g/mol. The maximum absolute atomic E-state index is 12.0. The summed E-state index contributed by atoms with van der Waals surface area (Å²) in [6, 6.07) is 6.19. The average Bonchev–Trinajstić information content (AvgIpc) is 2.92. The second-order valence-corrected chi connectivity index (χ2v) is 5.15. The zero-order chi connectivity index (χ0) is 14.5. The Morgan fingerprint density at radius 2 is 2.10 bits per heavy atom. The van der Waals surface area contributed by atoms with E-state index in [2.05, 4.69) is 5.32 Å². The van der Waals surface area contributed by atoms with E-state index < -0.39 is 18.1 Å². The van der Waals surface area contributed by atoms with Crippen LogP contribution in [-0.4, -0.2) is 29.7 Å². The van der Waals surface area contributed by atoms with Crippen molar-refractivity contribution in [1.82, 2.24) is 5.32 Å². The van der Waals surface area contributed by atoms with Gasteiger partial charge in [-0.3, -0.25) is 9.59 Å². The van der Waals surface area contributed by atoms with E-state index in [1.54, 1.807) is 24.3 Å². The number of ether oxygens (including phenoxy) is 1. The molecule has 1 saturated heterocycles. The zero-order valence-corrected chi connectivity index (χ0v) is 11.6. The molecule has 0 saturated carbocycles. The summed E-state index contributed by atoms with van der Waals surface area (Å²) in [7, 11) is 0. The van der Waals surface area contributed by atoms with Crippen LogP contribution in [0.15, 0.2) is 24.3 Å². The third-order valence-corrected chi connectivity index (χ3v) is 3.44. The number of hydrogen-bond donors (Lipinski definition) is 2. The molecule has 108 valence electrons. The molecule has 0 unspecified atom stereocenters. The lowest BCUT2D eigenvalue weighted by molar-refractivity contribution is -0.138. The minimum absolute atomic E-state index is 0.180. The van der Waals surface area contributed by atoms with Crippen molar-refractivity contribution in [2.45, 2.75) is 31.4 Å². The lowest BCUT2D eigenvalue weighted by Crippen LogP contribution is -2.37. The van der Waals surface area contributed by atoms with Gasteiger partial charge in [-0.25, -0.2) is 0 Å². The normalized spacial score (nSPS) is 19.6. The number of rotatable bonds is 5. The van der Waals surface area contributed by atoms with E-state index in [1.807, 2.05) is 0 Å². The molecule has 0 aromatic heterocycles. The predicted molar refractivity (Wildman–Crippen MR) is 73.6 cm³/mol. The first-order valence-corrected chi connectivity index (χ1v) is 6.83. The van der Waals surface area contributed by atoms with Crippen molar-refractivity contribution in [3.05, 3.63) is 34.9 Å². The van der Waals surface area contributed by atoms with Crippen molar-refractivity contribution in [2.75, 3.05) is 6.61 Å². The number of aliphatic carboxylic acids is 1. The van der Waals surface area contributed by atoms with Gasteiger partial charge >= 0.3 is 5.97 Å². The van der Waals surface area contributed by atoms with Crippen LogP contribution in [0.5, 0.6) is 0 Å². The molecule has 2 N–H and O–H groups in total. The molecule has 1 fully saturated rings. The minimum Gasteiger partial charge on any atom is -0.481 e. The molecular formula is C14H16ClNO4. The van der Waals surface area contributed by atoms with Crippen LogP contribution in [0, 0.1) is 0 Å². The van der Waals surface area contributed by atoms with Crippen molar-refractivity contribution in [3.63, 3.8) is 0 Å². The zero-order valence-electron chi connectivity index (χ0n) is 10.8. The van der Waals surface area contributed by atoms with Crippen LogP contribution in [-0.2, 0) is 14.3 Å². The average molecular weight is 298 g/mol. The Bertz CT molecular complexity index is 482. The molecule has 20 heavy (non-hydrogen) atoms. The molecule has 1 aliphatic heterocycles. The number of carbonyl (C=O) groups excluding carboxylic acids is 1. The predicted octanol–water partition coefficient (Wildman–Crippen LogP) is 2.15. The van der Waals surface area contributed by atoms with E-state index in [1.165, 1.54) is 0 Å². The Hall–Kier alpha value is -1.59. The molecule has 1 heterocycles. The summed E-state index contributed by atoms with van der Waals surface area (Å²) in [4.78, 5) is 23.0. The highest BCUT2D eigenvalue weighted by molar-refractivity contribution is 6.30. The molecule has 1 aromatic rings. The largest absolute Gasteiger partial charge is 0.481 e. The van der Waals surface area contributed by atoms with Gasteiger partial charge < -0.3 is 15.2 Å². The first-order chi connectivity index (χ1) is 9.56. The van der Waals surface area contributed by atoms with Gasteiger partial charge in [-0.2, -0.15) is 0 Å². The number of carboxylic acid groups (broad SMARTS) is 1. The van der Waals surface area contributed by atoms with Crippen molar-refractivity contribution >= 4 is 23.5 Å². The van der Waals surface area contributed by atoms with Gasteiger partial charge in [-0.05, 0) is 30.5 Å². The number of amides is 1. The van der Waals surface area contributed by atoms with Crippen molar-refractivity contribution in [1.29, 1.82) is 0 Å². The number of benzene rings is 1. The molecule has 1 aromatic carbocycles. The van der Waals surface area contributed by atoms with E-state index in [4.69, 9.17) is 21.4 Å². The molecule has 1 amide bonds. The van der Waals surface area contributed by atoms with Gasteiger partial charge in [-0.1, -0.05) is 23.7 Å². The smallest absolute Gasteiger partial charge is 0.305 e. The molecule has 2 rings (SSSR count). The summed E-state index contributed by atoms with van der Waals surface area (Å²) in [5.74, 6) is -1.23. The highest BCUT2D eigenvalue weighted by Crippen LogP contribution is 2.21. The number of hydrogen-bond acceptors (Lipinski definition) is 3. The standard InChI is InChI=1S/C14H16ClNO4/c15-10-5-3-9(4-6-10)11(8-13(17)18)16-14(19)12-2-1-7-20-12/h3-6,11-12H,1-2,7-8H2,(H,16,19)(H,17,18)/t11-,12+/m0/s1. The van der Waals surface area contributed by atoms with Crippen LogP contribution < -0.4 is 5.32 Å². The number of carbonyl (C=O) groups is 2. The monoisotopic (exact) mass is 297 g/mol. The van der Waals surface area contributed by atoms with Crippen LogP contribution in [0.4, 0.5) is 0 Å². The Kier molecular flexibility index (Phi) is 4.98. The maximum atomic E-state index is 12.0. The Labute approximate surface area is 121 Å². The van der Waals surface area contributed by atoms with Crippen molar-refractivity contribution in [3.8, 4) is 0 Å². The van der Waals surface area contributed by atoms with Crippen molar-refractivity contribution < 1.29 is 19.4 Å². The van der Waals surface area contributed by atoms with Gasteiger partial charge in [0, 0.05) is 11.6 Å². The molecule has 0 radical (unpaired) electrons. The second-order valence-electron chi connectivity index (χ2n) is 4.71.